The van der Waals surface area contributed by atoms with Gasteiger partial charge < -0.3 is 0 Å². The van der Waals surface area contributed by atoms with Gasteiger partial charge in [-0.1, -0.05) is 20.3 Å². The third-order valence-electron chi connectivity index (χ3n) is 2.87. The van der Waals surface area contributed by atoms with Crippen LogP contribution in [0.2, 0.25) is 0 Å². The van der Waals surface area contributed by atoms with Gasteiger partial charge in [0.25, 0.3) is 0 Å². The summed E-state index contributed by atoms with van der Waals surface area (Å²) in [4.78, 5) is 11.7. The Morgan fingerprint density at radius 1 is 1.62 bits per heavy atom. The predicted octanol–water partition coefficient (Wildman–Crippen LogP) is 1.68. The van der Waals surface area contributed by atoms with E-state index in [1.807, 2.05) is 6.92 Å². The lowest BCUT2D eigenvalue weighted by Crippen LogP contribution is -2.50. The molecule has 3 heteroatoms. The van der Waals surface area contributed by atoms with Crippen molar-refractivity contribution in [3.8, 4) is 0 Å². The standard InChI is InChI=1S/C10H20N2O/c1-3-5-8(2)10(13)12(11)9-6-4-7-9/h8-9H,3-7,11H2,1-2H3. The topological polar surface area (TPSA) is 46.3 Å². The highest BCUT2D eigenvalue weighted by atomic mass is 16.2. The van der Waals surface area contributed by atoms with Gasteiger partial charge >= 0.3 is 0 Å². The van der Waals surface area contributed by atoms with Gasteiger partial charge in [0.05, 0.1) is 0 Å². The van der Waals surface area contributed by atoms with Crippen LogP contribution in [0, 0.1) is 5.92 Å². The van der Waals surface area contributed by atoms with Crippen LogP contribution in [0.1, 0.15) is 46.0 Å². The molecule has 0 aromatic rings. The maximum atomic E-state index is 11.7. The normalized spacial score (nSPS) is 19.3. The van der Waals surface area contributed by atoms with E-state index < -0.39 is 0 Å². The van der Waals surface area contributed by atoms with E-state index in [0.29, 0.717) is 6.04 Å². The number of carbonyl (C=O) groups is 1. The molecule has 13 heavy (non-hydrogen) atoms. The third kappa shape index (κ3) is 2.44. The number of hydrogen-bond acceptors (Lipinski definition) is 2. The minimum absolute atomic E-state index is 0.0931. The second-order valence-electron chi connectivity index (χ2n) is 4.02. The molecule has 1 amide bonds. The van der Waals surface area contributed by atoms with Crippen LogP contribution in [-0.4, -0.2) is 17.0 Å². The van der Waals surface area contributed by atoms with E-state index in [-0.39, 0.29) is 11.8 Å². The number of nitrogens with zero attached hydrogens (tertiary/aromatic N) is 1. The smallest absolute Gasteiger partial charge is 0.239 e. The highest BCUT2D eigenvalue weighted by Gasteiger charge is 2.28. The average molecular weight is 184 g/mol. The molecular weight excluding hydrogens is 164 g/mol. The fraction of sp³-hybridized carbons (Fsp3) is 0.900. The maximum absolute atomic E-state index is 11.7. The van der Waals surface area contributed by atoms with Crippen LogP contribution in [0.3, 0.4) is 0 Å². The van der Waals surface area contributed by atoms with Gasteiger partial charge in [0.15, 0.2) is 0 Å². The zero-order valence-corrected chi connectivity index (χ0v) is 8.62. The van der Waals surface area contributed by atoms with Gasteiger partial charge in [-0.3, -0.25) is 9.80 Å². The molecule has 0 saturated heterocycles. The van der Waals surface area contributed by atoms with Crippen molar-refractivity contribution in [2.24, 2.45) is 11.8 Å². The summed E-state index contributed by atoms with van der Waals surface area (Å²) in [6.45, 7) is 4.05. The molecule has 3 nitrogen and oxygen atoms in total. The van der Waals surface area contributed by atoms with Crippen molar-refractivity contribution in [1.82, 2.24) is 5.01 Å². The van der Waals surface area contributed by atoms with E-state index in [2.05, 4.69) is 6.92 Å². The highest BCUT2D eigenvalue weighted by molar-refractivity contribution is 5.78. The van der Waals surface area contributed by atoms with Crippen LogP contribution >= 0.6 is 0 Å². The molecule has 76 valence electrons. The van der Waals surface area contributed by atoms with Gasteiger partial charge in [0.1, 0.15) is 0 Å². The van der Waals surface area contributed by atoms with Crippen molar-refractivity contribution in [1.29, 1.82) is 0 Å². The maximum Gasteiger partial charge on any atom is 0.239 e. The molecule has 0 spiro atoms. The minimum Gasteiger partial charge on any atom is -0.277 e. The summed E-state index contributed by atoms with van der Waals surface area (Å²) in [7, 11) is 0. The minimum atomic E-state index is 0.0931. The summed E-state index contributed by atoms with van der Waals surface area (Å²) in [6, 6.07) is 0.326. The quantitative estimate of drug-likeness (QED) is 0.410. The first-order valence-electron chi connectivity index (χ1n) is 5.24. The van der Waals surface area contributed by atoms with Crippen molar-refractivity contribution >= 4 is 5.91 Å². The number of hydrazine groups is 1. The van der Waals surface area contributed by atoms with E-state index in [4.69, 9.17) is 5.84 Å². The summed E-state index contributed by atoms with van der Waals surface area (Å²) in [5.74, 6) is 5.95. The SMILES string of the molecule is CCCC(C)C(=O)N(N)C1CCC1. The van der Waals surface area contributed by atoms with E-state index in [0.717, 1.165) is 25.7 Å². The Labute approximate surface area is 80.2 Å². The second-order valence-corrected chi connectivity index (χ2v) is 4.02. The van der Waals surface area contributed by atoms with E-state index in [1.54, 1.807) is 0 Å². The zero-order chi connectivity index (χ0) is 9.84. The molecule has 1 fully saturated rings. The first kappa shape index (κ1) is 10.5. The van der Waals surface area contributed by atoms with Crippen LogP contribution < -0.4 is 5.84 Å². The van der Waals surface area contributed by atoms with Crippen molar-refractivity contribution in [3.63, 3.8) is 0 Å². The molecule has 1 atom stereocenters. The summed E-state index contributed by atoms with van der Waals surface area (Å²) >= 11 is 0. The molecule has 0 aromatic carbocycles. The Balaban J connectivity index is 2.36. The first-order valence-corrected chi connectivity index (χ1v) is 5.24. The van der Waals surface area contributed by atoms with Gasteiger partial charge in [-0.15, -0.1) is 0 Å². The molecule has 1 aliphatic rings. The summed E-state index contributed by atoms with van der Waals surface area (Å²) in [5.41, 5.74) is 0. The largest absolute Gasteiger partial charge is 0.277 e. The molecule has 0 aromatic heterocycles. The van der Waals surface area contributed by atoms with E-state index in [9.17, 15) is 4.79 Å². The summed E-state index contributed by atoms with van der Waals surface area (Å²) < 4.78 is 0. The number of carbonyl (C=O) groups excluding carboxylic acids is 1. The average Bonchev–Trinajstić information content (AvgIpc) is 2.00. The lowest BCUT2D eigenvalue weighted by Gasteiger charge is -2.35. The molecule has 0 aliphatic heterocycles. The summed E-state index contributed by atoms with van der Waals surface area (Å²) in [6.07, 6.45) is 5.38. The Morgan fingerprint density at radius 2 is 2.23 bits per heavy atom. The lowest BCUT2D eigenvalue weighted by atomic mass is 9.91. The van der Waals surface area contributed by atoms with Crippen LogP contribution in [0.4, 0.5) is 0 Å². The van der Waals surface area contributed by atoms with Gasteiger partial charge in [-0.2, -0.15) is 0 Å². The molecule has 0 bridgehead atoms. The van der Waals surface area contributed by atoms with Crippen molar-refractivity contribution in [2.45, 2.75) is 52.0 Å². The van der Waals surface area contributed by atoms with Gasteiger partial charge in [0.2, 0.25) is 5.91 Å². The summed E-state index contributed by atoms with van der Waals surface area (Å²) in [5, 5.41) is 1.46. The Kier molecular flexibility index (Phi) is 3.72. The Bertz CT molecular complexity index is 178. The van der Waals surface area contributed by atoms with Crippen LogP contribution in [0.5, 0.6) is 0 Å². The highest BCUT2D eigenvalue weighted by Crippen LogP contribution is 2.24. The Morgan fingerprint density at radius 3 is 2.62 bits per heavy atom. The Hall–Kier alpha value is -0.570. The van der Waals surface area contributed by atoms with Crippen molar-refractivity contribution in [3.05, 3.63) is 0 Å². The number of hydrogen-bond donors (Lipinski definition) is 1. The van der Waals surface area contributed by atoms with E-state index in [1.165, 1.54) is 11.4 Å². The molecule has 0 radical (unpaired) electrons. The fourth-order valence-corrected chi connectivity index (χ4v) is 1.66. The fourth-order valence-electron chi connectivity index (χ4n) is 1.66. The number of rotatable bonds is 4. The van der Waals surface area contributed by atoms with E-state index >= 15 is 0 Å². The van der Waals surface area contributed by atoms with Crippen molar-refractivity contribution in [2.75, 3.05) is 0 Å². The first-order chi connectivity index (χ1) is 6.16. The number of amides is 1. The molecule has 1 saturated carbocycles. The lowest BCUT2D eigenvalue weighted by molar-refractivity contribution is -0.139. The molecule has 2 N–H and O–H groups in total. The van der Waals surface area contributed by atoms with Crippen LogP contribution in [-0.2, 0) is 4.79 Å². The third-order valence-corrected chi connectivity index (χ3v) is 2.87. The monoisotopic (exact) mass is 184 g/mol. The van der Waals surface area contributed by atoms with Gasteiger partial charge in [-0.05, 0) is 25.7 Å². The predicted molar refractivity (Wildman–Crippen MR) is 52.7 cm³/mol. The van der Waals surface area contributed by atoms with Crippen LogP contribution in [0.15, 0.2) is 0 Å². The molecule has 1 aliphatic carbocycles. The second kappa shape index (κ2) is 4.61. The number of nitrogens with two attached hydrogens (primary N) is 1. The van der Waals surface area contributed by atoms with Gasteiger partial charge in [0, 0.05) is 12.0 Å². The molecule has 1 unspecified atom stereocenters. The van der Waals surface area contributed by atoms with Crippen LogP contribution in [0.25, 0.3) is 0 Å². The zero-order valence-electron chi connectivity index (χ0n) is 8.62. The van der Waals surface area contributed by atoms with Crippen molar-refractivity contribution < 1.29 is 4.79 Å². The van der Waals surface area contributed by atoms with Gasteiger partial charge in [-0.25, -0.2) is 5.84 Å². The molecule has 1 rings (SSSR count). The molecular formula is C10H20N2O. The molecule has 0 heterocycles.